The predicted molar refractivity (Wildman–Crippen MR) is 89.8 cm³/mol. The SMILES string of the molecule is CCc1nc([C@@H]2CCCN2C(=O)[C@H]2CC(=O)Nc3ccccc32)no1. The summed E-state index contributed by atoms with van der Waals surface area (Å²) in [5.41, 5.74) is 1.60. The second-order valence-corrected chi connectivity index (χ2v) is 6.48. The van der Waals surface area contributed by atoms with Crippen LogP contribution in [0.1, 0.15) is 55.4 Å². The molecular formula is C18H20N4O3. The van der Waals surface area contributed by atoms with E-state index in [4.69, 9.17) is 4.52 Å². The Balaban J connectivity index is 1.63. The number of hydrogen-bond acceptors (Lipinski definition) is 5. The van der Waals surface area contributed by atoms with Gasteiger partial charge in [-0.2, -0.15) is 4.98 Å². The highest BCUT2D eigenvalue weighted by Gasteiger charge is 2.39. The van der Waals surface area contributed by atoms with Crippen LogP contribution in [0.3, 0.4) is 0 Å². The highest BCUT2D eigenvalue weighted by Crippen LogP contribution is 2.38. The number of hydrogen-bond donors (Lipinski definition) is 1. The highest BCUT2D eigenvalue weighted by atomic mass is 16.5. The second kappa shape index (κ2) is 6.31. The molecule has 4 rings (SSSR count). The summed E-state index contributed by atoms with van der Waals surface area (Å²) in [7, 11) is 0. The summed E-state index contributed by atoms with van der Waals surface area (Å²) in [6.45, 7) is 2.60. The van der Waals surface area contributed by atoms with E-state index in [2.05, 4.69) is 15.5 Å². The number of carbonyl (C=O) groups excluding carboxylic acids is 2. The number of aromatic nitrogens is 2. The number of carbonyl (C=O) groups is 2. The second-order valence-electron chi connectivity index (χ2n) is 6.48. The number of anilines is 1. The molecular weight excluding hydrogens is 320 g/mol. The molecule has 7 nitrogen and oxygen atoms in total. The summed E-state index contributed by atoms with van der Waals surface area (Å²) in [5, 5.41) is 6.89. The molecule has 0 spiro atoms. The van der Waals surface area contributed by atoms with E-state index < -0.39 is 5.92 Å². The van der Waals surface area contributed by atoms with Crippen molar-refractivity contribution < 1.29 is 14.1 Å². The molecule has 0 radical (unpaired) electrons. The van der Waals surface area contributed by atoms with Gasteiger partial charge in [-0.05, 0) is 24.5 Å². The quantitative estimate of drug-likeness (QED) is 0.927. The van der Waals surface area contributed by atoms with Crippen molar-refractivity contribution in [3.8, 4) is 0 Å². The van der Waals surface area contributed by atoms with Crippen LogP contribution in [0.15, 0.2) is 28.8 Å². The highest BCUT2D eigenvalue weighted by molar-refractivity contribution is 6.01. The molecule has 1 fully saturated rings. The van der Waals surface area contributed by atoms with Crippen LogP contribution in [-0.4, -0.2) is 33.4 Å². The molecule has 3 heterocycles. The Morgan fingerprint density at radius 1 is 1.40 bits per heavy atom. The number of rotatable bonds is 3. The van der Waals surface area contributed by atoms with Crippen LogP contribution in [0.2, 0.25) is 0 Å². The minimum absolute atomic E-state index is 0.0346. The maximum atomic E-state index is 13.2. The van der Waals surface area contributed by atoms with Crippen molar-refractivity contribution in [1.29, 1.82) is 0 Å². The van der Waals surface area contributed by atoms with E-state index in [-0.39, 0.29) is 24.3 Å². The van der Waals surface area contributed by atoms with Crippen LogP contribution in [0.25, 0.3) is 0 Å². The minimum atomic E-state index is -0.455. The number of fused-ring (bicyclic) bond motifs is 1. The third-order valence-corrected chi connectivity index (χ3v) is 4.92. The molecule has 0 aliphatic carbocycles. The van der Waals surface area contributed by atoms with Crippen LogP contribution in [0, 0.1) is 0 Å². The monoisotopic (exact) mass is 340 g/mol. The smallest absolute Gasteiger partial charge is 0.231 e. The van der Waals surface area contributed by atoms with Crippen LogP contribution >= 0.6 is 0 Å². The normalized spacial score (nSPS) is 22.6. The Kier molecular flexibility index (Phi) is 3.99. The van der Waals surface area contributed by atoms with Crippen LogP contribution in [-0.2, 0) is 16.0 Å². The molecule has 1 N–H and O–H groups in total. The van der Waals surface area contributed by atoms with E-state index in [1.54, 1.807) is 0 Å². The van der Waals surface area contributed by atoms with Crippen LogP contribution in [0.5, 0.6) is 0 Å². The fourth-order valence-corrected chi connectivity index (χ4v) is 3.68. The van der Waals surface area contributed by atoms with Crippen LogP contribution in [0.4, 0.5) is 5.69 Å². The fourth-order valence-electron chi connectivity index (χ4n) is 3.68. The number of para-hydroxylation sites is 1. The molecule has 2 amide bonds. The van der Waals surface area contributed by atoms with Gasteiger partial charge in [-0.3, -0.25) is 9.59 Å². The molecule has 0 bridgehead atoms. The summed E-state index contributed by atoms with van der Waals surface area (Å²) < 4.78 is 5.21. The first-order valence-electron chi connectivity index (χ1n) is 8.69. The first-order valence-corrected chi connectivity index (χ1v) is 8.69. The third kappa shape index (κ3) is 2.79. The van der Waals surface area contributed by atoms with Gasteiger partial charge in [0.25, 0.3) is 0 Å². The molecule has 2 aliphatic heterocycles. The van der Waals surface area contributed by atoms with Crippen LogP contribution < -0.4 is 5.32 Å². The summed E-state index contributed by atoms with van der Waals surface area (Å²) in [4.78, 5) is 31.5. The van der Waals surface area contributed by atoms with E-state index in [0.717, 1.165) is 24.1 Å². The maximum Gasteiger partial charge on any atom is 0.231 e. The molecule has 2 aromatic rings. The Morgan fingerprint density at radius 2 is 2.24 bits per heavy atom. The van der Waals surface area contributed by atoms with Crippen molar-refractivity contribution in [2.45, 2.75) is 44.6 Å². The fraction of sp³-hybridized carbons (Fsp3) is 0.444. The van der Waals surface area contributed by atoms with E-state index >= 15 is 0 Å². The molecule has 7 heteroatoms. The molecule has 1 saturated heterocycles. The number of amides is 2. The Bertz CT molecular complexity index is 816. The first kappa shape index (κ1) is 15.8. The number of likely N-dealkylation sites (tertiary alicyclic amines) is 1. The lowest BCUT2D eigenvalue weighted by Gasteiger charge is -2.30. The van der Waals surface area contributed by atoms with Gasteiger partial charge in [-0.15, -0.1) is 0 Å². The number of benzene rings is 1. The van der Waals surface area contributed by atoms with Crippen molar-refractivity contribution >= 4 is 17.5 Å². The molecule has 130 valence electrons. The van der Waals surface area contributed by atoms with Crippen molar-refractivity contribution in [1.82, 2.24) is 15.0 Å². The maximum absolute atomic E-state index is 13.2. The van der Waals surface area contributed by atoms with E-state index in [1.807, 2.05) is 36.1 Å². The third-order valence-electron chi connectivity index (χ3n) is 4.92. The van der Waals surface area contributed by atoms with Crippen molar-refractivity contribution in [2.75, 3.05) is 11.9 Å². The largest absolute Gasteiger partial charge is 0.339 e. The lowest BCUT2D eigenvalue weighted by Crippen LogP contribution is -2.38. The average Bonchev–Trinajstić information content (AvgIpc) is 3.29. The zero-order chi connectivity index (χ0) is 17.4. The topological polar surface area (TPSA) is 88.3 Å². The molecule has 2 aliphatic rings. The average molecular weight is 340 g/mol. The summed E-state index contributed by atoms with van der Waals surface area (Å²) in [6.07, 6.45) is 2.55. The van der Waals surface area contributed by atoms with Crippen molar-refractivity contribution in [3.63, 3.8) is 0 Å². The summed E-state index contributed by atoms with van der Waals surface area (Å²) in [5.74, 6) is 0.532. The molecule has 2 atom stereocenters. The van der Waals surface area contributed by atoms with E-state index in [1.165, 1.54) is 0 Å². The lowest BCUT2D eigenvalue weighted by atomic mass is 9.89. The Hall–Kier alpha value is -2.70. The number of nitrogens with one attached hydrogen (secondary N) is 1. The Morgan fingerprint density at radius 3 is 3.04 bits per heavy atom. The van der Waals surface area contributed by atoms with Gasteiger partial charge >= 0.3 is 0 Å². The van der Waals surface area contributed by atoms with Crippen molar-refractivity contribution in [2.24, 2.45) is 0 Å². The molecule has 1 aromatic heterocycles. The van der Waals surface area contributed by atoms with E-state index in [0.29, 0.717) is 24.7 Å². The van der Waals surface area contributed by atoms with Gasteiger partial charge < -0.3 is 14.7 Å². The van der Waals surface area contributed by atoms with Gasteiger partial charge in [-0.25, -0.2) is 0 Å². The van der Waals surface area contributed by atoms with Gasteiger partial charge in [0.2, 0.25) is 17.7 Å². The molecule has 0 unspecified atom stereocenters. The standard InChI is InChI=1S/C18H20N4O3/c1-2-16-20-17(21-25-16)14-8-5-9-22(14)18(24)12-10-15(23)19-13-7-4-3-6-11(12)13/h3-4,6-7,12,14H,2,5,8-10H2,1H3,(H,19,23)/t12-,14-/m0/s1. The minimum Gasteiger partial charge on any atom is -0.339 e. The molecule has 0 saturated carbocycles. The zero-order valence-corrected chi connectivity index (χ0v) is 14.1. The van der Waals surface area contributed by atoms with E-state index in [9.17, 15) is 9.59 Å². The number of aryl methyl sites for hydroxylation is 1. The molecule has 25 heavy (non-hydrogen) atoms. The summed E-state index contributed by atoms with van der Waals surface area (Å²) >= 11 is 0. The van der Waals surface area contributed by atoms with Crippen molar-refractivity contribution in [3.05, 3.63) is 41.5 Å². The van der Waals surface area contributed by atoms with Gasteiger partial charge in [-0.1, -0.05) is 30.3 Å². The van der Waals surface area contributed by atoms with Gasteiger partial charge in [0, 0.05) is 25.1 Å². The van der Waals surface area contributed by atoms with Gasteiger partial charge in [0.1, 0.15) is 0 Å². The zero-order valence-electron chi connectivity index (χ0n) is 14.1. The lowest BCUT2D eigenvalue weighted by molar-refractivity contribution is -0.136. The first-order chi connectivity index (χ1) is 12.2. The molecule has 1 aromatic carbocycles. The number of nitrogens with zero attached hydrogens (tertiary/aromatic N) is 3. The van der Waals surface area contributed by atoms with Gasteiger partial charge in [0.15, 0.2) is 5.82 Å². The summed E-state index contributed by atoms with van der Waals surface area (Å²) in [6, 6.07) is 7.32. The predicted octanol–water partition coefficient (Wildman–Crippen LogP) is 2.42. The Labute approximate surface area is 145 Å². The van der Waals surface area contributed by atoms with Gasteiger partial charge in [0.05, 0.1) is 12.0 Å².